The molecule has 1 aromatic heterocycles. The van der Waals surface area contributed by atoms with E-state index in [1.54, 1.807) is 31.4 Å². The van der Waals surface area contributed by atoms with Gasteiger partial charge in [-0.2, -0.15) is 5.26 Å². The van der Waals surface area contributed by atoms with E-state index in [1.165, 1.54) is 0 Å². The van der Waals surface area contributed by atoms with Crippen LogP contribution < -0.4 is 20.8 Å². The number of allylic oxidation sites excluding steroid dienone is 1. The van der Waals surface area contributed by atoms with Crippen molar-refractivity contribution >= 4 is 26.9 Å². The lowest BCUT2D eigenvalue weighted by Crippen LogP contribution is -2.26. The lowest BCUT2D eigenvalue weighted by Gasteiger charge is -2.26. The van der Waals surface area contributed by atoms with Crippen LogP contribution in [0.2, 0.25) is 0 Å². The van der Waals surface area contributed by atoms with E-state index in [1.807, 2.05) is 19.1 Å². The number of ether oxygens (including phenoxy) is 2. The number of hydrogen-bond donors (Lipinski definition) is 1. The van der Waals surface area contributed by atoms with E-state index < -0.39 is 11.5 Å². The molecule has 0 radical (unpaired) electrons. The molecule has 2 aromatic carbocycles. The molecule has 0 amide bonds. The Morgan fingerprint density at radius 2 is 2.03 bits per heavy atom. The molecule has 1 aliphatic rings. The average Bonchev–Trinajstić information content (AvgIpc) is 2.72. The van der Waals surface area contributed by atoms with Gasteiger partial charge >= 0.3 is 5.63 Å². The molecule has 0 fully saturated rings. The topological polar surface area (TPSA) is 98.5 Å². The Morgan fingerprint density at radius 3 is 2.67 bits per heavy atom. The van der Waals surface area contributed by atoms with Gasteiger partial charge in [0.15, 0.2) is 5.75 Å². The predicted octanol–water partition coefficient (Wildman–Crippen LogP) is 4.98. The molecule has 0 aliphatic carbocycles. The second-order valence-electron chi connectivity index (χ2n) is 6.64. The maximum Gasteiger partial charge on any atom is 0.344 e. The molecule has 2 heterocycles. The zero-order chi connectivity index (χ0) is 20.7. The lowest BCUT2D eigenvalue weighted by atomic mass is 9.83. The van der Waals surface area contributed by atoms with E-state index in [2.05, 4.69) is 22.0 Å². The summed E-state index contributed by atoms with van der Waals surface area (Å²) in [6, 6.07) is 13.0. The molecule has 0 saturated heterocycles. The molecule has 0 saturated carbocycles. The quantitative estimate of drug-likeness (QED) is 0.544. The molecule has 1 atom stereocenters. The largest absolute Gasteiger partial charge is 0.496 e. The van der Waals surface area contributed by atoms with Crippen LogP contribution in [0.4, 0.5) is 0 Å². The number of rotatable bonds is 3. The molecule has 3 aromatic rings. The van der Waals surface area contributed by atoms with E-state index in [9.17, 15) is 10.1 Å². The van der Waals surface area contributed by atoms with Gasteiger partial charge in [0, 0.05) is 0 Å². The van der Waals surface area contributed by atoms with Crippen LogP contribution in [-0.2, 0) is 6.42 Å². The number of nitrogens with two attached hydrogens (primary N) is 1. The van der Waals surface area contributed by atoms with Crippen molar-refractivity contribution in [3.8, 4) is 17.6 Å². The van der Waals surface area contributed by atoms with Gasteiger partial charge in [0.2, 0.25) is 5.88 Å². The Labute approximate surface area is 182 Å². The van der Waals surface area contributed by atoms with Gasteiger partial charge in [0.1, 0.15) is 23.0 Å². The maximum atomic E-state index is 12.9. The van der Waals surface area contributed by atoms with Gasteiger partial charge < -0.3 is 19.6 Å². The molecule has 154 valence electrons. The minimum atomic E-state index is -0.711. The Kier molecular flexibility index (Phi) is 5.90. The summed E-state index contributed by atoms with van der Waals surface area (Å²) < 4.78 is 17.3. The fourth-order valence-corrected chi connectivity index (χ4v) is 4.14. The average molecular weight is 469 g/mol. The number of hydrogen-bond acceptors (Lipinski definition) is 6. The van der Waals surface area contributed by atoms with Crippen molar-refractivity contribution < 1.29 is 13.9 Å². The van der Waals surface area contributed by atoms with Crippen molar-refractivity contribution in [3.05, 3.63) is 79.4 Å². The molecule has 1 aliphatic heterocycles. The summed E-state index contributed by atoms with van der Waals surface area (Å²) in [5.41, 5.74) is 8.13. The number of benzene rings is 2. The highest BCUT2D eigenvalue weighted by atomic mass is 79.9. The lowest BCUT2D eigenvalue weighted by molar-refractivity contribution is 0.388. The summed E-state index contributed by atoms with van der Waals surface area (Å²) in [5, 5.41) is 10.4. The SMILES string of the molecule is C.CCc1ccc2oc(=O)c3c(c2c1)OC(N)=C(C#N)C3c1ccc(OC)c(Br)c1. The molecule has 30 heavy (non-hydrogen) atoms. The number of methoxy groups -OCH3 is 1. The third-order valence-electron chi connectivity index (χ3n) is 5.05. The van der Waals surface area contributed by atoms with Crippen molar-refractivity contribution in [2.75, 3.05) is 7.11 Å². The van der Waals surface area contributed by atoms with Crippen LogP contribution in [0.1, 0.15) is 37.0 Å². The van der Waals surface area contributed by atoms with Crippen LogP contribution in [-0.4, -0.2) is 7.11 Å². The Bertz CT molecular complexity index is 1270. The molecule has 0 spiro atoms. The van der Waals surface area contributed by atoms with Crippen molar-refractivity contribution in [2.45, 2.75) is 26.7 Å². The molecule has 2 N–H and O–H groups in total. The standard InChI is InChI=1S/C22H17BrN2O4.CH4/c1-3-11-4-6-16-13(8-11)20-19(22(26)28-16)18(14(10-24)21(25)29-20)12-5-7-17(27-2)15(23)9-12;/h4-9,18H,3,25H2,1-2H3;1H4. The van der Waals surface area contributed by atoms with Crippen molar-refractivity contribution in [3.63, 3.8) is 0 Å². The minimum Gasteiger partial charge on any atom is -0.496 e. The normalized spacial score (nSPS) is 15.1. The van der Waals surface area contributed by atoms with Crippen LogP contribution in [0.15, 0.2) is 61.5 Å². The summed E-state index contributed by atoms with van der Waals surface area (Å²) in [7, 11) is 1.56. The Balaban J connectivity index is 0.00000256. The summed E-state index contributed by atoms with van der Waals surface area (Å²) >= 11 is 3.46. The Hall–Kier alpha value is -3.24. The van der Waals surface area contributed by atoms with Crippen LogP contribution in [0, 0.1) is 11.3 Å². The molecule has 6 nitrogen and oxygen atoms in total. The molecule has 0 bridgehead atoms. The van der Waals surface area contributed by atoms with E-state index in [-0.39, 0.29) is 24.4 Å². The number of nitriles is 1. The van der Waals surface area contributed by atoms with E-state index in [0.29, 0.717) is 32.5 Å². The molecular formula is C23H21BrN2O4. The number of fused-ring (bicyclic) bond motifs is 3. The molecule has 4 rings (SSSR count). The Morgan fingerprint density at radius 1 is 1.27 bits per heavy atom. The van der Waals surface area contributed by atoms with E-state index in [4.69, 9.17) is 19.6 Å². The van der Waals surface area contributed by atoms with Crippen LogP contribution in [0.5, 0.6) is 11.5 Å². The number of halogens is 1. The van der Waals surface area contributed by atoms with Gasteiger partial charge in [0.25, 0.3) is 0 Å². The summed E-state index contributed by atoms with van der Waals surface area (Å²) in [4.78, 5) is 12.9. The highest BCUT2D eigenvalue weighted by Gasteiger charge is 2.35. The first-order valence-electron chi connectivity index (χ1n) is 8.99. The van der Waals surface area contributed by atoms with Gasteiger partial charge in [-0.05, 0) is 57.7 Å². The smallest absolute Gasteiger partial charge is 0.344 e. The van der Waals surface area contributed by atoms with Gasteiger partial charge in [-0.15, -0.1) is 0 Å². The fourth-order valence-electron chi connectivity index (χ4n) is 3.58. The third-order valence-corrected chi connectivity index (χ3v) is 5.67. The van der Waals surface area contributed by atoms with Gasteiger partial charge in [-0.1, -0.05) is 26.5 Å². The van der Waals surface area contributed by atoms with Crippen LogP contribution in [0.3, 0.4) is 0 Å². The molecule has 7 heteroatoms. The highest BCUT2D eigenvalue weighted by Crippen LogP contribution is 2.44. The molecular weight excluding hydrogens is 448 g/mol. The zero-order valence-electron chi connectivity index (χ0n) is 15.8. The third kappa shape index (κ3) is 3.33. The minimum absolute atomic E-state index is 0. The highest BCUT2D eigenvalue weighted by molar-refractivity contribution is 9.10. The van der Waals surface area contributed by atoms with Crippen molar-refractivity contribution in [1.29, 1.82) is 5.26 Å². The van der Waals surface area contributed by atoms with E-state index >= 15 is 0 Å². The fraction of sp³-hybridized carbons (Fsp3) is 0.217. The second kappa shape index (κ2) is 8.25. The summed E-state index contributed by atoms with van der Waals surface area (Å²) in [5.74, 6) is 0.234. The van der Waals surface area contributed by atoms with E-state index in [0.717, 1.165) is 12.0 Å². The molecule has 1 unspecified atom stereocenters. The van der Waals surface area contributed by atoms with Gasteiger partial charge in [0.05, 0.1) is 28.5 Å². The van der Waals surface area contributed by atoms with Gasteiger partial charge in [-0.25, -0.2) is 4.79 Å². The predicted molar refractivity (Wildman–Crippen MR) is 119 cm³/mol. The van der Waals surface area contributed by atoms with Crippen molar-refractivity contribution in [1.82, 2.24) is 0 Å². The van der Waals surface area contributed by atoms with Crippen molar-refractivity contribution in [2.24, 2.45) is 5.73 Å². The zero-order valence-corrected chi connectivity index (χ0v) is 17.4. The number of aryl methyl sites for hydroxylation is 1. The summed E-state index contributed by atoms with van der Waals surface area (Å²) in [6.45, 7) is 2.04. The van der Waals surface area contributed by atoms with Crippen LogP contribution in [0.25, 0.3) is 11.0 Å². The first-order chi connectivity index (χ1) is 14.0. The second-order valence-corrected chi connectivity index (χ2v) is 7.49. The monoisotopic (exact) mass is 468 g/mol. The first kappa shape index (κ1) is 21.5. The first-order valence-corrected chi connectivity index (χ1v) is 9.78. The summed E-state index contributed by atoms with van der Waals surface area (Å²) in [6.07, 6.45) is 0.813. The van der Waals surface area contributed by atoms with Crippen LogP contribution >= 0.6 is 15.9 Å². The maximum absolute atomic E-state index is 12.9. The number of nitrogens with zero attached hydrogens (tertiary/aromatic N) is 1. The van der Waals surface area contributed by atoms with Gasteiger partial charge in [-0.3, -0.25) is 0 Å².